The smallest absolute Gasteiger partial charge is 0.340 e. The van der Waals surface area contributed by atoms with Gasteiger partial charge in [-0.1, -0.05) is 41.7 Å². The van der Waals surface area contributed by atoms with Crippen molar-refractivity contribution in [1.29, 1.82) is 0 Å². The largest absolute Gasteiger partial charge is 0.479 e. The minimum Gasteiger partial charge on any atom is -0.479 e. The summed E-state index contributed by atoms with van der Waals surface area (Å²) < 4.78 is 3.23. The first-order valence-corrected chi connectivity index (χ1v) is 5.28. The predicted molar refractivity (Wildman–Crippen MR) is 57.2 cm³/mol. The summed E-state index contributed by atoms with van der Waals surface area (Å²) in [4.78, 5) is 11.1. The van der Waals surface area contributed by atoms with Crippen molar-refractivity contribution in [3.05, 3.63) is 0 Å². The van der Waals surface area contributed by atoms with E-state index in [0.717, 1.165) is 0 Å². The second kappa shape index (κ2) is 4.88. The fourth-order valence-electron chi connectivity index (χ4n) is 1.08. The van der Waals surface area contributed by atoms with Crippen LogP contribution in [0.2, 0.25) is 0 Å². The fraction of sp³-hybridized carbons (Fsp3) is 0.875. The monoisotopic (exact) mass is 262 g/mol. The fourth-order valence-corrected chi connectivity index (χ4v) is 1.85. The maximum Gasteiger partial charge on any atom is 0.340 e. The number of alkyl halides is 3. The van der Waals surface area contributed by atoms with Crippen molar-refractivity contribution in [2.24, 2.45) is 0 Å². The lowest BCUT2D eigenvalue weighted by Gasteiger charge is -2.36. The van der Waals surface area contributed by atoms with Crippen LogP contribution in [0, 0.1) is 0 Å². The Morgan fingerprint density at radius 2 is 1.86 bits per heavy atom. The number of halogens is 3. The van der Waals surface area contributed by atoms with Crippen LogP contribution in [0.4, 0.5) is 0 Å². The lowest BCUT2D eigenvalue weighted by Crippen LogP contribution is -2.53. The van der Waals surface area contributed by atoms with Gasteiger partial charge in [-0.15, -0.1) is 0 Å². The number of hydrogen-bond acceptors (Lipinski definition) is 2. The first-order chi connectivity index (χ1) is 6.17. The highest BCUT2D eigenvalue weighted by molar-refractivity contribution is 6.69. The molecule has 0 aliphatic carbocycles. The van der Waals surface area contributed by atoms with Crippen LogP contribution in [0.1, 0.15) is 27.2 Å². The Kier molecular flexibility index (Phi) is 4.99. The van der Waals surface area contributed by atoms with Crippen molar-refractivity contribution in [3.63, 3.8) is 0 Å². The predicted octanol–water partition coefficient (Wildman–Crippen LogP) is 3.02. The molecule has 0 aromatic heterocycles. The third kappa shape index (κ3) is 2.89. The highest BCUT2D eigenvalue weighted by atomic mass is 35.6. The van der Waals surface area contributed by atoms with Crippen molar-refractivity contribution in [2.45, 2.75) is 42.7 Å². The Morgan fingerprint density at radius 1 is 1.43 bits per heavy atom. The van der Waals surface area contributed by atoms with Gasteiger partial charge in [0.25, 0.3) is 0 Å². The Bertz CT molecular complexity index is 212. The Balaban J connectivity index is 5.10. The molecule has 0 saturated heterocycles. The number of rotatable bonds is 4. The number of hydrogen-bond donors (Lipinski definition) is 1. The van der Waals surface area contributed by atoms with Crippen molar-refractivity contribution in [3.8, 4) is 0 Å². The van der Waals surface area contributed by atoms with Crippen LogP contribution in [0.3, 0.4) is 0 Å². The summed E-state index contributed by atoms with van der Waals surface area (Å²) in [5.41, 5.74) is -1.79. The van der Waals surface area contributed by atoms with Crippen LogP contribution in [0.5, 0.6) is 0 Å². The number of aliphatic carboxylic acids is 1. The highest BCUT2D eigenvalue weighted by Gasteiger charge is 2.55. The summed E-state index contributed by atoms with van der Waals surface area (Å²) in [5, 5.41) is 9.03. The summed E-state index contributed by atoms with van der Waals surface area (Å²) in [6.45, 7) is 4.96. The zero-order chi connectivity index (χ0) is 11.6. The van der Waals surface area contributed by atoms with Crippen LogP contribution < -0.4 is 0 Å². The van der Waals surface area contributed by atoms with Gasteiger partial charge < -0.3 is 9.84 Å². The van der Waals surface area contributed by atoms with Crippen molar-refractivity contribution < 1.29 is 14.6 Å². The van der Waals surface area contributed by atoms with Crippen LogP contribution in [-0.4, -0.2) is 26.6 Å². The maximum atomic E-state index is 11.1. The topological polar surface area (TPSA) is 46.5 Å². The standard InChI is InChI=1S/C8H13Cl3O3/c1-4-7(6(12)13,8(9,10)11)14-5(2)3/h5H,4H2,1-3H3,(H,12,13). The average molecular weight is 264 g/mol. The summed E-state index contributed by atoms with van der Waals surface area (Å²) in [6.07, 6.45) is -0.251. The van der Waals surface area contributed by atoms with E-state index >= 15 is 0 Å². The Hall–Kier alpha value is 0.300. The van der Waals surface area contributed by atoms with E-state index in [4.69, 9.17) is 44.6 Å². The molecule has 0 fully saturated rings. The van der Waals surface area contributed by atoms with E-state index in [9.17, 15) is 4.79 Å². The molecular weight excluding hydrogens is 250 g/mol. The van der Waals surface area contributed by atoms with E-state index < -0.39 is 15.4 Å². The molecule has 0 spiro atoms. The molecule has 0 saturated carbocycles. The van der Waals surface area contributed by atoms with E-state index in [1.807, 2.05) is 0 Å². The van der Waals surface area contributed by atoms with Crippen molar-refractivity contribution >= 4 is 40.8 Å². The molecule has 0 heterocycles. The van der Waals surface area contributed by atoms with Gasteiger partial charge >= 0.3 is 5.97 Å². The van der Waals surface area contributed by atoms with Gasteiger partial charge in [-0.2, -0.15) is 0 Å². The van der Waals surface area contributed by atoms with Gasteiger partial charge in [0.15, 0.2) is 0 Å². The van der Waals surface area contributed by atoms with E-state index in [1.165, 1.54) is 0 Å². The molecule has 0 radical (unpaired) electrons. The number of carboxylic acid groups (broad SMARTS) is 1. The van der Waals surface area contributed by atoms with E-state index in [1.54, 1.807) is 20.8 Å². The number of carbonyl (C=O) groups is 1. The summed E-state index contributed by atoms with van der Waals surface area (Å²) in [6, 6.07) is 0. The van der Waals surface area contributed by atoms with Gasteiger partial charge in [-0.25, -0.2) is 4.79 Å². The van der Waals surface area contributed by atoms with Crippen LogP contribution in [0.25, 0.3) is 0 Å². The lowest BCUT2D eigenvalue weighted by atomic mass is 10.0. The molecule has 1 N–H and O–H groups in total. The van der Waals surface area contributed by atoms with E-state index in [2.05, 4.69) is 0 Å². The van der Waals surface area contributed by atoms with Crippen molar-refractivity contribution in [2.75, 3.05) is 0 Å². The second-order valence-corrected chi connectivity index (χ2v) is 5.43. The number of ether oxygens (including phenoxy) is 1. The summed E-state index contributed by atoms with van der Waals surface area (Å²) >= 11 is 16.9. The first kappa shape index (κ1) is 14.3. The minimum absolute atomic E-state index is 0.0804. The van der Waals surface area contributed by atoms with Crippen LogP contribution in [-0.2, 0) is 9.53 Å². The van der Waals surface area contributed by atoms with Gasteiger partial charge in [0.05, 0.1) is 6.10 Å². The number of carboxylic acids is 1. The zero-order valence-corrected chi connectivity index (χ0v) is 10.4. The molecule has 0 aliphatic heterocycles. The average Bonchev–Trinajstić information content (AvgIpc) is 1.96. The van der Waals surface area contributed by atoms with E-state index in [-0.39, 0.29) is 12.5 Å². The molecule has 84 valence electrons. The molecule has 0 aromatic carbocycles. The molecule has 1 atom stereocenters. The quantitative estimate of drug-likeness (QED) is 0.793. The SMILES string of the molecule is CCC(OC(C)C)(C(=O)O)C(Cl)(Cl)Cl. The molecule has 6 heteroatoms. The van der Waals surface area contributed by atoms with Crippen LogP contribution >= 0.6 is 34.8 Å². The zero-order valence-electron chi connectivity index (χ0n) is 8.18. The molecule has 0 amide bonds. The normalized spacial score (nSPS) is 16.8. The molecule has 1 unspecified atom stereocenters. The van der Waals surface area contributed by atoms with Gasteiger partial charge in [-0.3, -0.25) is 0 Å². The van der Waals surface area contributed by atoms with Gasteiger partial charge in [-0.05, 0) is 20.3 Å². The molecule has 0 bridgehead atoms. The molecule has 0 aromatic rings. The van der Waals surface area contributed by atoms with Crippen LogP contribution in [0.15, 0.2) is 0 Å². The third-order valence-corrected chi connectivity index (χ3v) is 2.65. The minimum atomic E-state index is -1.99. The summed E-state index contributed by atoms with van der Waals surface area (Å²) in [5.74, 6) is -1.27. The molecule has 0 aliphatic rings. The Morgan fingerprint density at radius 3 is 1.93 bits per heavy atom. The molecule has 0 rings (SSSR count). The van der Waals surface area contributed by atoms with Gasteiger partial charge in [0.1, 0.15) is 0 Å². The van der Waals surface area contributed by atoms with Gasteiger partial charge in [0, 0.05) is 0 Å². The molecular formula is C8H13Cl3O3. The first-order valence-electron chi connectivity index (χ1n) is 4.15. The van der Waals surface area contributed by atoms with Gasteiger partial charge in [0.2, 0.25) is 9.39 Å². The lowest BCUT2D eigenvalue weighted by molar-refractivity contribution is -0.171. The molecule has 14 heavy (non-hydrogen) atoms. The highest BCUT2D eigenvalue weighted by Crippen LogP contribution is 2.43. The van der Waals surface area contributed by atoms with E-state index in [0.29, 0.717) is 0 Å². The molecule has 3 nitrogen and oxygen atoms in total. The Labute approximate surface area is 98.3 Å². The summed E-state index contributed by atoms with van der Waals surface area (Å²) in [7, 11) is 0. The van der Waals surface area contributed by atoms with Crippen molar-refractivity contribution in [1.82, 2.24) is 0 Å². The second-order valence-electron chi connectivity index (χ2n) is 3.15. The third-order valence-electron chi connectivity index (χ3n) is 1.74. The maximum absolute atomic E-state index is 11.1.